The third-order valence-electron chi connectivity index (χ3n) is 1.98. The van der Waals surface area contributed by atoms with Crippen LogP contribution in [0.1, 0.15) is 13.3 Å². The van der Waals surface area contributed by atoms with E-state index in [0.717, 1.165) is 13.0 Å². The van der Waals surface area contributed by atoms with Crippen molar-refractivity contribution in [2.24, 2.45) is 0 Å². The fourth-order valence-electron chi connectivity index (χ4n) is 1.21. The number of hydrogen-bond acceptors (Lipinski definition) is 4. The highest BCUT2D eigenvalue weighted by atomic mass is 16.6. The third-order valence-corrected chi connectivity index (χ3v) is 1.98. The summed E-state index contributed by atoms with van der Waals surface area (Å²) in [5.74, 6) is -0.291. The van der Waals surface area contributed by atoms with Crippen LogP contribution in [0.25, 0.3) is 0 Å². The Balaban J connectivity index is 2.40. The first-order chi connectivity index (χ1) is 5.77. The molecule has 0 spiro atoms. The summed E-state index contributed by atoms with van der Waals surface area (Å²) < 4.78 is 10.0. The van der Waals surface area contributed by atoms with E-state index in [9.17, 15) is 4.79 Å². The molecule has 0 aliphatic carbocycles. The van der Waals surface area contributed by atoms with Gasteiger partial charge in [-0.3, -0.25) is 0 Å². The molecule has 0 aromatic heterocycles. The van der Waals surface area contributed by atoms with Crippen LogP contribution in [0.2, 0.25) is 0 Å². The van der Waals surface area contributed by atoms with Crippen LogP contribution < -0.4 is 5.32 Å². The summed E-state index contributed by atoms with van der Waals surface area (Å²) in [4.78, 5) is 11.0. The van der Waals surface area contributed by atoms with E-state index >= 15 is 0 Å². The van der Waals surface area contributed by atoms with Crippen LogP contribution in [0.15, 0.2) is 0 Å². The molecule has 0 bridgehead atoms. The van der Waals surface area contributed by atoms with Crippen LogP contribution in [0.3, 0.4) is 0 Å². The first-order valence-electron chi connectivity index (χ1n) is 4.22. The van der Waals surface area contributed by atoms with Gasteiger partial charge < -0.3 is 14.8 Å². The molecule has 70 valence electrons. The van der Waals surface area contributed by atoms with Crippen molar-refractivity contribution in [2.75, 3.05) is 20.2 Å². The number of nitrogens with one attached hydrogen (secondary N) is 1. The lowest BCUT2D eigenvalue weighted by Crippen LogP contribution is -2.48. The van der Waals surface area contributed by atoms with Crippen molar-refractivity contribution < 1.29 is 14.3 Å². The van der Waals surface area contributed by atoms with Gasteiger partial charge in [-0.15, -0.1) is 0 Å². The molecule has 2 atom stereocenters. The monoisotopic (exact) mass is 173 g/mol. The van der Waals surface area contributed by atoms with Crippen LogP contribution in [-0.2, 0) is 14.3 Å². The minimum absolute atomic E-state index is 0.142. The second kappa shape index (κ2) is 4.42. The summed E-state index contributed by atoms with van der Waals surface area (Å²) in [5.41, 5.74) is 0. The summed E-state index contributed by atoms with van der Waals surface area (Å²) >= 11 is 0. The Morgan fingerprint density at radius 1 is 1.67 bits per heavy atom. The predicted molar refractivity (Wildman–Crippen MR) is 43.8 cm³/mol. The normalized spacial score (nSPS) is 29.8. The van der Waals surface area contributed by atoms with Gasteiger partial charge in [0.15, 0.2) is 6.10 Å². The Hall–Kier alpha value is -0.610. The minimum atomic E-state index is -0.423. The maximum Gasteiger partial charge on any atom is 0.336 e. The van der Waals surface area contributed by atoms with Crippen molar-refractivity contribution in [1.29, 1.82) is 0 Å². The van der Waals surface area contributed by atoms with Gasteiger partial charge in [0.2, 0.25) is 0 Å². The van der Waals surface area contributed by atoms with Gasteiger partial charge in [-0.2, -0.15) is 0 Å². The Kier molecular flexibility index (Phi) is 3.49. The summed E-state index contributed by atoms with van der Waals surface area (Å²) in [6, 6.07) is 0. The number of methoxy groups -OCH3 is 1. The number of esters is 1. The van der Waals surface area contributed by atoms with E-state index in [2.05, 4.69) is 10.1 Å². The average Bonchev–Trinajstić information content (AvgIpc) is 2.17. The van der Waals surface area contributed by atoms with Crippen LogP contribution in [0, 0.1) is 0 Å². The smallest absolute Gasteiger partial charge is 0.336 e. The van der Waals surface area contributed by atoms with Gasteiger partial charge in [0, 0.05) is 13.1 Å². The predicted octanol–water partition coefficient (Wildman–Crippen LogP) is -0.0736. The molecule has 4 heteroatoms. The van der Waals surface area contributed by atoms with Crippen LogP contribution in [0.4, 0.5) is 0 Å². The maximum absolute atomic E-state index is 11.0. The second-order valence-electron chi connectivity index (χ2n) is 2.84. The zero-order valence-electron chi connectivity index (χ0n) is 7.50. The van der Waals surface area contributed by atoms with Crippen molar-refractivity contribution in [2.45, 2.75) is 25.6 Å². The molecule has 1 aliphatic heterocycles. The van der Waals surface area contributed by atoms with Crippen molar-refractivity contribution in [3.05, 3.63) is 0 Å². The number of ether oxygens (including phenoxy) is 2. The van der Waals surface area contributed by atoms with Gasteiger partial charge >= 0.3 is 5.97 Å². The Bertz CT molecular complexity index is 160. The summed E-state index contributed by atoms with van der Waals surface area (Å²) in [6.45, 7) is 3.42. The highest BCUT2D eigenvalue weighted by molar-refractivity contribution is 5.74. The molecule has 1 N–H and O–H groups in total. The van der Waals surface area contributed by atoms with E-state index in [1.807, 2.05) is 6.92 Å². The van der Waals surface area contributed by atoms with E-state index in [1.54, 1.807) is 0 Å². The topological polar surface area (TPSA) is 47.6 Å². The lowest BCUT2D eigenvalue weighted by molar-refractivity contribution is -0.160. The van der Waals surface area contributed by atoms with E-state index in [-0.39, 0.29) is 12.1 Å². The van der Waals surface area contributed by atoms with Crippen molar-refractivity contribution in [1.82, 2.24) is 5.32 Å². The zero-order valence-corrected chi connectivity index (χ0v) is 7.50. The van der Waals surface area contributed by atoms with E-state index in [1.165, 1.54) is 7.11 Å². The van der Waals surface area contributed by atoms with Gasteiger partial charge in [-0.25, -0.2) is 4.79 Å². The minimum Gasteiger partial charge on any atom is -0.467 e. The van der Waals surface area contributed by atoms with Gasteiger partial charge in [0.25, 0.3) is 0 Å². The second-order valence-corrected chi connectivity index (χ2v) is 2.84. The first kappa shape index (κ1) is 9.48. The number of carbonyl (C=O) groups excluding carboxylic acids is 1. The van der Waals surface area contributed by atoms with Gasteiger partial charge in [-0.05, 0) is 6.42 Å². The van der Waals surface area contributed by atoms with Crippen LogP contribution in [-0.4, -0.2) is 38.4 Å². The molecular weight excluding hydrogens is 158 g/mol. The highest BCUT2D eigenvalue weighted by Gasteiger charge is 2.26. The Labute approximate surface area is 72.2 Å². The molecule has 1 rings (SSSR count). The molecule has 1 fully saturated rings. The average molecular weight is 173 g/mol. The van der Waals surface area contributed by atoms with Crippen LogP contribution >= 0.6 is 0 Å². The molecule has 0 amide bonds. The third kappa shape index (κ3) is 2.19. The van der Waals surface area contributed by atoms with Gasteiger partial charge in [0.1, 0.15) is 0 Å². The molecule has 1 aliphatic rings. The molecular formula is C8H15NO3. The molecule has 1 heterocycles. The Morgan fingerprint density at radius 3 is 3.00 bits per heavy atom. The lowest BCUT2D eigenvalue weighted by Gasteiger charge is -2.28. The first-order valence-corrected chi connectivity index (χ1v) is 4.22. The molecule has 2 unspecified atom stereocenters. The highest BCUT2D eigenvalue weighted by Crippen LogP contribution is 2.07. The maximum atomic E-state index is 11.0. The van der Waals surface area contributed by atoms with Crippen molar-refractivity contribution >= 4 is 5.97 Å². The molecule has 1 saturated heterocycles. The van der Waals surface area contributed by atoms with E-state index < -0.39 is 6.10 Å². The fourth-order valence-corrected chi connectivity index (χ4v) is 1.21. The molecule has 0 aromatic carbocycles. The number of carbonyl (C=O) groups is 1. The molecule has 12 heavy (non-hydrogen) atoms. The molecule has 0 saturated carbocycles. The van der Waals surface area contributed by atoms with E-state index in [4.69, 9.17) is 4.74 Å². The number of rotatable bonds is 2. The quantitative estimate of drug-likeness (QED) is 0.594. The SMILES string of the molecule is CCC1CNCC(C(=O)OC)O1. The largest absolute Gasteiger partial charge is 0.467 e. The van der Waals surface area contributed by atoms with Gasteiger partial charge in [0.05, 0.1) is 13.2 Å². The standard InChI is InChI=1S/C8H15NO3/c1-3-6-4-9-5-7(12-6)8(10)11-2/h6-7,9H,3-5H2,1-2H3. The Morgan fingerprint density at radius 2 is 2.42 bits per heavy atom. The number of morpholine rings is 1. The van der Waals surface area contributed by atoms with Crippen molar-refractivity contribution in [3.63, 3.8) is 0 Å². The molecule has 4 nitrogen and oxygen atoms in total. The zero-order chi connectivity index (χ0) is 8.97. The van der Waals surface area contributed by atoms with Gasteiger partial charge in [-0.1, -0.05) is 6.92 Å². The summed E-state index contributed by atoms with van der Waals surface area (Å²) in [5, 5.41) is 3.13. The summed E-state index contributed by atoms with van der Waals surface area (Å²) in [6.07, 6.45) is 0.636. The summed E-state index contributed by atoms with van der Waals surface area (Å²) in [7, 11) is 1.38. The van der Waals surface area contributed by atoms with Crippen LogP contribution in [0.5, 0.6) is 0 Å². The molecule has 0 aromatic rings. The molecule has 0 radical (unpaired) electrons. The number of hydrogen-bond donors (Lipinski definition) is 1. The van der Waals surface area contributed by atoms with E-state index in [0.29, 0.717) is 6.54 Å². The lowest BCUT2D eigenvalue weighted by atomic mass is 10.2. The van der Waals surface area contributed by atoms with Crippen molar-refractivity contribution in [3.8, 4) is 0 Å². The fraction of sp³-hybridized carbons (Fsp3) is 0.875.